The molecule has 0 spiro atoms. The van der Waals surface area contributed by atoms with Gasteiger partial charge in [-0.1, -0.05) is 30.1 Å². The summed E-state index contributed by atoms with van der Waals surface area (Å²) in [4.78, 5) is 7.33. The van der Waals surface area contributed by atoms with Crippen LogP contribution in [0.2, 0.25) is 0 Å². The number of hydrogen-bond acceptors (Lipinski definition) is 6. The third-order valence-electron chi connectivity index (χ3n) is 7.58. The summed E-state index contributed by atoms with van der Waals surface area (Å²) in [7, 11) is 2.20. The third kappa shape index (κ3) is 3.08. The van der Waals surface area contributed by atoms with Gasteiger partial charge in [-0.3, -0.25) is 0 Å². The molecule has 0 bridgehead atoms. The third-order valence-corrected chi connectivity index (χ3v) is 7.58. The van der Waals surface area contributed by atoms with Crippen molar-refractivity contribution in [3.8, 4) is 0 Å². The molecule has 1 aliphatic heterocycles. The zero-order valence-corrected chi connectivity index (χ0v) is 17.2. The highest BCUT2D eigenvalue weighted by atomic mass is 16.5. The fourth-order valence-corrected chi connectivity index (χ4v) is 5.55. The lowest BCUT2D eigenvalue weighted by Crippen LogP contribution is -2.33. The Bertz CT molecular complexity index is 813. The van der Waals surface area contributed by atoms with Gasteiger partial charge in [-0.2, -0.15) is 4.98 Å². The number of hydrogen-bond donors (Lipinski definition) is 0. The van der Waals surface area contributed by atoms with Crippen molar-refractivity contribution in [2.24, 2.45) is 0 Å². The van der Waals surface area contributed by atoms with E-state index >= 15 is 0 Å². The first-order valence-corrected chi connectivity index (χ1v) is 11.1. The Kier molecular flexibility index (Phi) is 4.73. The van der Waals surface area contributed by atoms with E-state index in [1.807, 2.05) is 0 Å². The average Bonchev–Trinajstić information content (AvgIpc) is 3.47. The minimum absolute atomic E-state index is 0.152. The molecule has 1 unspecified atom stereocenters. The molecule has 1 saturated heterocycles. The number of likely N-dealkylation sites (tertiary alicyclic amines) is 1. The van der Waals surface area contributed by atoms with Crippen LogP contribution in [-0.4, -0.2) is 50.2 Å². The van der Waals surface area contributed by atoms with Gasteiger partial charge in [0, 0.05) is 17.8 Å². The van der Waals surface area contributed by atoms with E-state index in [1.165, 1.54) is 37.1 Å². The summed E-state index contributed by atoms with van der Waals surface area (Å²) in [6.07, 6.45) is 11.3. The second-order valence-electron chi connectivity index (χ2n) is 9.20. The van der Waals surface area contributed by atoms with E-state index in [-0.39, 0.29) is 5.41 Å². The number of piperidine rings is 1. The summed E-state index contributed by atoms with van der Waals surface area (Å²) in [6.45, 7) is 4.53. The Morgan fingerprint density at radius 3 is 2.68 bits per heavy atom. The minimum Gasteiger partial charge on any atom is -0.339 e. The van der Waals surface area contributed by atoms with Gasteiger partial charge in [0.1, 0.15) is 0 Å². The lowest BCUT2D eigenvalue weighted by atomic mass is 9.82. The van der Waals surface area contributed by atoms with Gasteiger partial charge < -0.3 is 9.42 Å². The van der Waals surface area contributed by atoms with Crippen LogP contribution < -0.4 is 0 Å². The minimum atomic E-state index is 0.152. The molecule has 152 valence electrons. The number of aromatic nitrogens is 5. The first-order chi connectivity index (χ1) is 13.7. The monoisotopic (exact) mass is 384 g/mol. The molecule has 2 aromatic heterocycles. The Hall–Kier alpha value is -1.76. The van der Waals surface area contributed by atoms with E-state index in [0.29, 0.717) is 12.0 Å². The Morgan fingerprint density at radius 2 is 1.93 bits per heavy atom. The van der Waals surface area contributed by atoms with Crippen LogP contribution in [0.15, 0.2) is 4.52 Å². The van der Waals surface area contributed by atoms with Crippen molar-refractivity contribution in [3.05, 3.63) is 23.1 Å². The molecule has 5 rings (SSSR count). The highest BCUT2D eigenvalue weighted by Crippen LogP contribution is 2.43. The zero-order chi connectivity index (χ0) is 19.1. The molecule has 1 atom stereocenters. The number of nitrogens with zero attached hydrogens (tertiary/aromatic N) is 6. The van der Waals surface area contributed by atoms with Crippen LogP contribution in [0, 0.1) is 0 Å². The van der Waals surface area contributed by atoms with Gasteiger partial charge >= 0.3 is 0 Å². The van der Waals surface area contributed by atoms with Crippen LogP contribution in [0.5, 0.6) is 0 Å². The summed E-state index contributed by atoms with van der Waals surface area (Å²) >= 11 is 0. The zero-order valence-electron chi connectivity index (χ0n) is 17.2. The number of aryl methyl sites for hydroxylation is 1. The number of fused-ring (bicyclic) bond motifs is 1. The average molecular weight is 385 g/mol. The molecular weight excluding hydrogens is 352 g/mol. The highest BCUT2D eigenvalue weighted by Gasteiger charge is 2.39. The van der Waals surface area contributed by atoms with Gasteiger partial charge in [-0.05, 0) is 65.1 Å². The van der Waals surface area contributed by atoms with Crippen molar-refractivity contribution >= 4 is 0 Å². The van der Waals surface area contributed by atoms with Crippen molar-refractivity contribution in [1.29, 1.82) is 0 Å². The van der Waals surface area contributed by atoms with Crippen LogP contribution in [-0.2, 0) is 18.3 Å². The van der Waals surface area contributed by atoms with Gasteiger partial charge in [-0.15, -0.1) is 5.10 Å². The topological polar surface area (TPSA) is 72.9 Å². The molecule has 28 heavy (non-hydrogen) atoms. The first-order valence-electron chi connectivity index (χ1n) is 11.1. The molecule has 1 saturated carbocycles. The molecule has 2 fully saturated rings. The molecule has 7 nitrogen and oxygen atoms in total. The predicted molar refractivity (Wildman–Crippen MR) is 105 cm³/mol. The maximum Gasteiger partial charge on any atom is 0.230 e. The summed E-state index contributed by atoms with van der Waals surface area (Å²) in [6, 6.07) is 0.478. The normalized spacial score (nSPS) is 25.9. The van der Waals surface area contributed by atoms with Crippen LogP contribution in [0.25, 0.3) is 0 Å². The van der Waals surface area contributed by atoms with Crippen LogP contribution in [0.4, 0.5) is 0 Å². The second kappa shape index (κ2) is 7.25. The molecule has 0 aromatic carbocycles. The van der Waals surface area contributed by atoms with E-state index < -0.39 is 0 Å². The van der Waals surface area contributed by atoms with E-state index in [2.05, 4.69) is 39.0 Å². The summed E-state index contributed by atoms with van der Waals surface area (Å²) in [5.74, 6) is 2.08. The molecule has 2 aliphatic carbocycles. The smallest absolute Gasteiger partial charge is 0.230 e. The Balaban J connectivity index is 1.36. The lowest BCUT2D eigenvalue weighted by molar-refractivity contribution is 0.207. The fraction of sp³-hybridized carbons (Fsp3) is 0.810. The van der Waals surface area contributed by atoms with Crippen LogP contribution in [0.3, 0.4) is 0 Å². The van der Waals surface area contributed by atoms with Crippen molar-refractivity contribution in [2.75, 3.05) is 20.1 Å². The molecule has 3 aliphatic rings. The molecule has 7 heteroatoms. The Morgan fingerprint density at radius 1 is 1.14 bits per heavy atom. The maximum absolute atomic E-state index is 5.82. The van der Waals surface area contributed by atoms with Crippen LogP contribution >= 0.6 is 0 Å². The molecule has 0 radical (unpaired) electrons. The molecule has 2 aromatic rings. The standard InChI is InChI=1S/C21H32N6O/c1-3-21(10-4-5-11-21)20-22-19(28-24-20)15-6-7-17-18(14-15)27(25-23-17)16-8-12-26(2)13-9-16/h15-16H,3-14H2,1-2H3. The van der Waals surface area contributed by atoms with Crippen molar-refractivity contribution in [2.45, 2.75) is 88.5 Å². The molecule has 0 amide bonds. The van der Waals surface area contributed by atoms with E-state index in [4.69, 9.17) is 9.51 Å². The van der Waals surface area contributed by atoms with Gasteiger partial charge in [0.15, 0.2) is 5.82 Å². The molecule has 0 N–H and O–H groups in total. The van der Waals surface area contributed by atoms with Crippen molar-refractivity contribution < 1.29 is 4.52 Å². The quantitative estimate of drug-likeness (QED) is 0.804. The summed E-state index contributed by atoms with van der Waals surface area (Å²) in [5, 5.41) is 13.5. The first kappa shape index (κ1) is 18.3. The van der Waals surface area contributed by atoms with E-state index in [9.17, 15) is 0 Å². The predicted octanol–water partition coefficient (Wildman–Crippen LogP) is 3.42. The van der Waals surface area contributed by atoms with Crippen molar-refractivity contribution in [1.82, 2.24) is 30.0 Å². The van der Waals surface area contributed by atoms with E-state index in [0.717, 1.165) is 63.3 Å². The molecule has 3 heterocycles. The lowest BCUT2D eigenvalue weighted by Gasteiger charge is -2.30. The van der Waals surface area contributed by atoms with Gasteiger partial charge in [-0.25, -0.2) is 4.68 Å². The highest BCUT2D eigenvalue weighted by molar-refractivity contribution is 5.20. The summed E-state index contributed by atoms with van der Waals surface area (Å²) in [5.41, 5.74) is 2.63. The molecular formula is C21H32N6O. The van der Waals surface area contributed by atoms with E-state index in [1.54, 1.807) is 0 Å². The second-order valence-corrected chi connectivity index (χ2v) is 9.20. The van der Waals surface area contributed by atoms with Gasteiger partial charge in [0.2, 0.25) is 5.89 Å². The van der Waals surface area contributed by atoms with Gasteiger partial charge in [0.25, 0.3) is 0 Å². The Labute approximate surface area is 166 Å². The maximum atomic E-state index is 5.82. The van der Waals surface area contributed by atoms with Gasteiger partial charge in [0.05, 0.1) is 17.4 Å². The fourth-order valence-electron chi connectivity index (χ4n) is 5.55. The van der Waals surface area contributed by atoms with Crippen LogP contribution in [0.1, 0.15) is 93.4 Å². The largest absolute Gasteiger partial charge is 0.339 e. The SMILES string of the molecule is CCC1(c2noc(C3CCc4nnn(C5CCN(C)CC5)c4C3)n2)CCCC1. The van der Waals surface area contributed by atoms with Crippen molar-refractivity contribution in [3.63, 3.8) is 0 Å². The summed E-state index contributed by atoms with van der Waals surface area (Å²) < 4.78 is 8.04. The number of rotatable bonds is 4.